The molecule has 2 saturated heterocycles. The van der Waals surface area contributed by atoms with Crippen molar-refractivity contribution in [3.05, 3.63) is 0 Å². The first-order valence-corrected chi connectivity index (χ1v) is 7.48. The second kappa shape index (κ2) is 7.22. The van der Waals surface area contributed by atoms with E-state index in [-0.39, 0.29) is 12.0 Å². The lowest BCUT2D eigenvalue weighted by Gasteiger charge is -2.37. The lowest BCUT2D eigenvalue weighted by molar-refractivity contribution is -0.137. The Morgan fingerprint density at radius 3 is 2.95 bits per heavy atom. The van der Waals surface area contributed by atoms with E-state index < -0.39 is 0 Å². The average molecular weight is 269 g/mol. The second-order valence-electron chi connectivity index (χ2n) is 5.72. The fourth-order valence-corrected chi connectivity index (χ4v) is 3.03. The number of piperidine rings is 1. The van der Waals surface area contributed by atoms with Crippen molar-refractivity contribution in [2.24, 2.45) is 0 Å². The number of morpholine rings is 1. The van der Waals surface area contributed by atoms with Crippen LogP contribution < -0.4 is 5.32 Å². The molecule has 0 saturated carbocycles. The Hall–Kier alpha value is -0.650. The molecule has 2 rings (SSSR count). The molecule has 19 heavy (non-hydrogen) atoms. The zero-order chi connectivity index (χ0) is 13.7. The quantitative estimate of drug-likeness (QED) is 0.798. The van der Waals surface area contributed by atoms with Gasteiger partial charge in [-0.3, -0.25) is 9.69 Å². The monoisotopic (exact) mass is 269 g/mol. The summed E-state index contributed by atoms with van der Waals surface area (Å²) in [7, 11) is 1.93. The second-order valence-corrected chi connectivity index (χ2v) is 5.72. The van der Waals surface area contributed by atoms with E-state index in [9.17, 15) is 4.79 Å². The van der Waals surface area contributed by atoms with Crippen LogP contribution in [0.25, 0.3) is 0 Å². The van der Waals surface area contributed by atoms with Crippen LogP contribution in [0.1, 0.15) is 26.2 Å². The van der Waals surface area contributed by atoms with E-state index in [2.05, 4.69) is 22.0 Å². The molecular formula is C14H27N3O2. The molecule has 0 aliphatic carbocycles. The van der Waals surface area contributed by atoms with E-state index in [0.717, 1.165) is 45.6 Å². The highest BCUT2D eigenvalue weighted by molar-refractivity contribution is 5.78. The third-order valence-corrected chi connectivity index (χ3v) is 4.14. The summed E-state index contributed by atoms with van der Waals surface area (Å²) in [6, 6.07) is 0.412. The highest BCUT2D eigenvalue weighted by atomic mass is 16.5. The Kier molecular flexibility index (Phi) is 5.60. The zero-order valence-corrected chi connectivity index (χ0v) is 12.2. The van der Waals surface area contributed by atoms with Gasteiger partial charge in [-0.2, -0.15) is 0 Å². The molecule has 1 amide bonds. The van der Waals surface area contributed by atoms with Crippen LogP contribution in [-0.2, 0) is 9.53 Å². The fraction of sp³-hybridized carbons (Fsp3) is 0.929. The first-order chi connectivity index (χ1) is 9.20. The van der Waals surface area contributed by atoms with Gasteiger partial charge in [-0.15, -0.1) is 0 Å². The number of nitrogens with one attached hydrogen (secondary N) is 1. The summed E-state index contributed by atoms with van der Waals surface area (Å²) in [4.78, 5) is 16.7. The maximum atomic E-state index is 12.4. The molecule has 0 aromatic heterocycles. The highest BCUT2D eigenvalue weighted by Gasteiger charge is 2.27. The lowest BCUT2D eigenvalue weighted by atomic mass is 10.0. The Bertz CT molecular complexity index is 296. The lowest BCUT2D eigenvalue weighted by Crippen LogP contribution is -2.52. The van der Waals surface area contributed by atoms with Crippen molar-refractivity contribution in [1.29, 1.82) is 0 Å². The molecule has 0 radical (unpaired) electrons. The van der Waals surface area contributed by atoms with E-state index in [1.807, 2.05) is 7.05 Å². The van der Waals surface area contributed by atoms with Crippen LogP contribution in [0.15, 0.2) is 0 Å². The van der Waals surface area contributed by atoms with Gasteiger partial charge in [0.25, 0.3) is 0 Å². The minimum Gasteiger partial charge on any atom is -0.374 e. The number of hydrogen-bond acceptors (Lipinski definition) is 4. The topological polar surface area (TPSA) is 44.8 Å². The molecule has 2 unspecified atom stereocenters. The first-order valence-electron chi connectivity index (χ1n) is 7.48. The van der Waals surface area contributed by atoms with Gasteiger partial charge in [0.2, 0.25) is 5.91 Å². The normalized spacial score (nSPS) is 29.5. The van der Waals surface area contributed by atoms with Gasteiger partial charge in [0, 0.05) is 32.2 Å². The number of carbonyl (C=O) groups is 1. The van der Waals surface area contributed by atoms with Gasteiger partial charge in [-0.1, -0.05) is 0 Å². The van der Waals surface area contributed by atoms with Crippen LogP contribution in [0.5, 0.6) is 0 Å². The summed E-state index contributed by atoms with van der Waals surface area (Å²) in [5.74, 6) is 0.289. The molecular weight excluding hydrogens is 242 g/mol. The van der Waals surface area contributed by atoms with E-state index in [0.29, 0.717) is 12.6 Å². The van der Waals surface area contributed by atoms with Crippen molar-refractivity contribution in [1.82, 2.24) is 15.1 Å². The van der Waals surface area contributed by atoms with E-state index in [4.69, 9.17) is 4.74 Å². The molecule has 2 aliphatic rings. The Morgan fingerprint density at radius 2 is 2.21 bits per heavy atom. The van der Waals surface area contributed by atoms with E-state index in [1.165, 1.54) is 6.42 Å². The third kappa shape index (κ3) is 4.16. The van der Waals surface area contributed by atoms with Gasteiger partial charge in [-0.25, -0.2) is 0 Å². The van der Waals surface area contributed by atoms with Gasteiger partial charge in [0.15, 0.2) is 0 Å². The highest BCUT2D eigenvalue weighted by Crippen LogP contribution is 2.17. The smallest absolute Gasteiger partial charge is 0.236 e. The summed E-state index contributed by atoms with van der Waals surface area (Å²) in [6.07, 6.45) is 3.77. The van der Waals surface area contributed by atoms with Crippen LogP contribution in [0, 0.1) is 0 Å². The molecule has 2 heterocycles. The fourth-order valence-electron chi connectivity index (χ4n) is 3.03. The van der Waals surface area contributed by atoms with Gasteiger partial charge in [-0.05, 0) is 33.2 Å². The Labute approximate surface area is 116 Å². The van der Waals surface area contributed by atoms with Gasteiger partial charge in [0.05, 0.1) is 19.3 Å². The summed E-state index contributed by atoms with van der Waals surface area (Å²) in [6.45, 7) is 6.96. The van der Waals surface area contributed by atoms with Gasteiger partial charge < -0.3 is 15.0 Å². The minimum absolute atomic E-state index is 0.213. The summed E-state index contributed by atoms with van der Waals surface area (Å²) >= 11 is 0. The Balaban J connectivity index is 1.80. The average Bonchev–Trinajstić information content (AvgIpc) is 2.40. The predicted octanol–water partition coefficient (Wildman–Crippen LogP) is 0.308. The maximum Gasteiger partial charge on any atom is 0.236 e. The van der Waals surface area contributed by atoms with Crippen molar-refractivity contribution < 1.29 is 9.53 Å². The third-order valence-electron chi connectivity index (χ3n) is 4.14. The summed E-state index contributed by atoms with van der Waals surface area (Å²) in [5, 5.41) is 3.13. The van der Waals surface area contributed by atoms with Crippen LogP contribution in [-0.4, -0.2) is 74.2 Å². The first kappa shape index (κ1) is 14.8. The number of rotatable bonds is 4. The zero-order valence-electron chi connectivity index (χ0n) is 12.2. The van der Waals surface area contributed by atoms with Crippen LogP contribution >= 0.6 is 0 Å². The molecule has 1 N–H and O–H groups in total. The molecule has 5 heteroatoms. The van der Waals surface area contributed by atoms with Crippen molar-refractivity contribution in [3.63, 3.8) is 0 Å². The molecule has 2 fully saturated rings. The number of hydrogen-bond donors (Lipinski definition) is 1. The molecule has 2 atom stereocenters. The van der Waals surface area contributed by atoms with Crippen molar-refractivity contribution >= 4 is 5.91 Å². The van der Waals surface area contributed by atoms with Gasteiger partial charge in [0.1, 0.15) is 0 Å². The summed E-state index contributed by atoms with van der Waals surface area (Å²) in [5.41, 5.74) is 0. The summed E-state index contributed by atoms with van der Waals surface area (Å²) < 4.78 is 5.67. The van der Waals surface area contributed by atoms with Gasteiger partial charge >= 0.3 is 0 Å². The largest absolute Gasteiger partial charge is 0.374 e. The molecule has 5 nitrogen and oxygen atoms in total. The number of carbonyl (C=O) groups excluding carboxylic acids is 1. The number of likely N-dealkylation sites (tertiary alicyclic amines) is 1. The molecule has 0 aromatic rings. The number of likely N-dealkylation sites (N-methyl/N-ethyl adjacent to an activating group) is 1. The van der Waals surface area contributed by atoms with Crippen LogP contribution in [0.4, 0.5) is 0 Å². The van der Waals surface area contributed by atoms with Crippen molar-refractivity contribution in [2.75, 3.05) is 46.4 Å². The maximum absolute atomic E-state index is 12.4. The standard InChI is InChI=1S/C14H27N3O2/c1-12-5-3-4-6-17(12)14(18)11-16-7-8-19-13(10-16)9-15-2/h12-13,15H,3-11H2,1-2H3. The molecule has 2 aliphatic heterocycles. The molecule has 0 aromatic carbocycles. The number of nitrogens with zero attached hydrogens (tertiary/aromatic N) is 2. The van der Waals surface area contributed by atoms with Crippen molar-refractivity contribution in [3.8, 4) is 0 Å². The molecule has 110 valence electrons. The van der Waals surface area contributed by atoms with Crippen LogP contribution in [0.3, 0.4) is 0 Å². The predicted molar refractivity (Wildman–Crippen MR) is 75.1 cm³/mol. The van der Waals surface area contributed by atoms with Crippen LogP contribution in [0.2, 0.25) is 0 Å². The van der Waals surface area contributed by atoms with E-state index in [1.54, 1.807) is 0 Å². The Morgan fingerprint density at radius 1 is 1.37 bits per heavy atom. The molecule has 0 spiro atoms. The van der Waals surface area contributed by atoms with Crippen molar-refractivity contribution in [2.45, 2.75) is 38.3 Å². The number of amides is 1. The minimum atomic E-state index is 0.213. The molecule has 0 bridgehead atoms. The van der Waals surface area contributed by atoms with E-state index >= 15 is 0 Å². The SMILES string of the molecule is CNCC1CN(CC(=O)N2CCCCC2C)CCO1. The number of ether oxygens (including phenoxy) is 1.